The number of benzene rings is 1. The third kappa shape index (κ3) is 6.87. The molecule has 1 aliphatic rings. The minimum Gasteiger partial charge on any atom is -0.496 e. The Labute approximate surface area is 246 Å². The van der Waals surface area contributed by atoms with Crippen molar-refractivity contribution >= 4 is 28.6 Å². The van der Waals surface area contributed by atoms with Crippen LogP contribution >= 0.6 is 0 Å². The third-order valence-electron chi connectivity index (χ3n) is 7.40. The van der Waals surface area contributed by atoms with E-state index in [0.717, 1.165) is 56.0 Å². The Bertz CT molecular complexity index is 1540. The van der Waals surface area contributed by atoms with Crippen molar-refractivity contribution in [2.75, 3.05) is 70.7 Å². The molecule has 0 atom stereocenters. The fourth-order valence-corrected chi connectivity index (χ4v) is 5.17. The number of likely N-dealkylation sites (N-methyl/N-ethyl adjacent to an activating group) is 1. The molecule has 42 heavy (non-hydrogen) atoms. The normalized spacial score (nSPS) is 14.5. The zero-order valence-electron chi connectivity index (χ0n) is 25.0. The summed E-state index contributed by atoms with van der Waals surface area (Å²) < 4.78 is 7.33. The summed E-state index contributed by atoms with van der Waals surface area (Å²) in [6.07, 6.45) is 4.89. The third-order valence-corrected chi connectivity index (χ3v) is 7.40. The lowest BCUT2D eigenvalue weighted by atomic mass is 10.1. The maximum absolute atomic E-state index is 13.5. The minimum atomic E-state index is -1.03. The predicted octanol–water partition coefficient (Wildman–Crippen LogP) is 3.21. The summed E-state index contributed by atoms with van der Waals surface area (Å²) in [4.78, 5) is 33.9. The molecule has 2 N–H and O–H groups in total. The highest BCUT2D eigenvalue weighted by molar-refractivity contribution is 6.04. The molecule has 0 unspecified atom stereocenters. The molecule has 11 nitrogen and oxygen atoms in total. The number of anilines is 2. The van der Waals surface area contributed by atoms with Gasteiger partial charge in [-0.15, -0.1) is 0 Å². The fourth-order valence-electron chi connectivity index (χ4n) is 5.17. The Morgan fingerprint density at radius 1 is 1.10 bits per heavy atom. The number of hydrogen-bond donors (Lipinski definition) is 2. The molecule has 1 aliphatic heterocycles. The smallest absolute Gasteiger partial charge is 0.258 e. The van der Waals surface area contributed by atoms with E-state index in [1.54, 1.807) is 57.7 Å². The van der Waals surface area contributed by atoms with Crippen LogP contribution < -0.4 is 15.0 Å². The fraction of sp³-hybridized carbons (Fsp3) is 0.419. The van der Waals surface area contributed by atoms with Gasteiger partial charge in [-0.2, -0.15) is 0 Å². The van der Waals surface area contributed by atoms with Gasteiger partial charge in [-0.3, -0.25) is 25.0 Å². The summed E-state index contributed by atoms with van der Waals surface area (Å²) in [6.45, 7) is 9.77. The van der Waals surface area contributed by atoms with Gasteiger partial charge in [0.25, 0.3) is 5.91 Å². The van der Waals surface area contributed by atoms with Crippen LogP contribution in [0.25, 0.3) is 22.3 Å². The highest BCUT2D eigenvalue weighted by Gasteiger charge is 2.23. The van der Waals surface area contributed by atoms with Crippen molar-refractivity contribution in [2.45, 2.75) is 26.0 Å². The number of fused-ring (bicyclic) bond motifs is 1. The lowest BCUT2D eigenvalue weighted by molar-refractivity contribution is 0.0630. The van der Waals surface area contributed by atoms with E-state index in [4.69, 9.17) is 9.72 Å². The second-order valence-electron chi connectivity index (χ2n) is 11.6. The summed E-state index contributed by atoms with van der Waals surface area (Å²) in [7, 11) is 5.79. The van der Waals surface area contributed by atoms with Crippen LogP contribution in [-0.4, -0.2) is 106 Å². The number of aromatic nitrogens is 4. The number of nitrogens with zero attached hydrogens (tertiary/aromatic N) is 7. The molecule has 0 saturated carbocycles. The molecule has 1 aromatic carbocycles. The Morgan fingerprint density at radius 2 is 1.88 bits per heavy atom. The van der Waals surface area contributed by atoms with Crippen LogP contribution in [-0.2, 0) is 6.54 Å². The first kappa shape index (κ1) is 29.4. The van der Waals surface area contributed by atoms with Gasteiger partial charge in [0.1, 0.15) is 5.75 Å². The van der Waals surface area contributed by atoms with E-state index in [2.05, 4.69) is 56.2 Å². The van der Waals surface area contributed by atoms with Gasteiger partial charge >= 0.3 is 0 Å². The maximum atomic E-state index is 13.5. The van der Waals surface area contributed by atoms with E-state index < -0.39 is 5.60 Å². The quantitative estimate of drug-likeness (QED) is 0.296. The highest BCUT2D eigenvalue weighted by atomic mass is 16.5. The number of piperazine rings is 1. The van der Waals surface area contributed by atoms with Crippen LogP contribution in [0.1, 0.15) is 24.2 Å². The molecule has 0 bridgehead atoms. The number of ether oxygens (including phenoxy) is 1. The number of rotatable bonds is 10. The van der Waals surface area contributed by atoms with E-state index in [1.165, 1.54) is 0 Å². The van der Waals surface area contributed by atoms with Crippen LogP contribution in [0.5, 0.6) is 5.75 Å². The molecular weight excluding hydrogens is 532 g/mol. The van der Waals surface area contributed by atoms with Crippen molar-refractivity contribution in [3.8, 4) is 17.0 Å². The molecule has 0 aliphatic carbocycles. The summed E-state index contributed by atoms with van der Waals surface area (Å²) in [5, 5.41) is 13.7. The predicted molar refractivity (Wildman–Crippen MR) is 165 cm³/mol. The molecule has 1 saturated heterocycles. The van der Waals surface area contributed by atoms with Gasteiger partial charge < -0.3 is 24.2 Å². The van der Waals surface area contributed by atoms with Gasteiger partial charge in [0.05, 0.1) is 41.5 Å². The number of carbonyl (C=O) groups is 1. The molecule has 4 heterocycles. The van der Waals surface area contributed by atoms with Gasteiger partial charge in [-0.05, 0) is 64.3 Å². The average Bonchev–Trinajstić information content (AvgIpc) is 3.30. The molecule has 0 radical (unpaired) electrons. The van der Waals surface area contributed by atoms with Gasteiger partial charge in [0, 0.05) is 69.1 Å². The van der Waals surface area contributed by atoms with Crippen LogP contribution in [0.3, 0.4) is 0 Å². The van der Waals surface area contributed by atoms with Crippen molar-refractivity contribution < 1.29 is 14.6 Å². The first-order valence-electron chi connectivity index (χ1n) is 14.2. The molecule has 5 rings (SSSR count). The van der Waals surface area contributed by atoms with E-state index in [1.807, 2.05) is 10.6 Å². The number of carbonyl (C=O) groups excluding carboxylic acids is 1. The number of aliphatic hydroxyl groups is 1. The maximum Gasteiger partial charge on any atom is 0.258 e. The number of methoxy groups -OCH3 is 1. The Hall–Kier alpha value is -4.06. The first-order chi connectivity index (χ1) is 20.1. The topological polar surface area (TPSA) is 112 Å². The highest BCUT2D eigenvalue weighted by Crippen LogP contribution is 2.30. The number of nitrogens with one attached hydrogen (secondary N) is 1. The van der Waals surface area contributed by atoms with Crippen molar-refractivity contribution in [2.24, 2.45) is 0 Å². The molecule has 1 fully saturated rings. The van der Waals surface area contributed by atoms with Crippen LogP contribution in [0, 0.1) is 0 Å². The zero-order chi connectivity index (χ0) is 29.9. The second kappa shape index (κ2) is 12.4. The Morgan fingerprint density at radius 3 is 2.60 bits per heavy atom. The number of pyridine rings is 2. The van der Waals surface area contributed by atoms with E-state index in [9.17, 15) is 9.90 Å². The molecule has 11 heteroatoms. The minimum absolute atomic E-state index is 0.259. The molecule has 3 aromatic heterocycles. The van der Waals surface area contributed by atoms with Crippen molar-refractivity contribution in [1.82, 2.24) is 29.3 Å². The Balaban J connectivity index is 1.40. The SMILES string of the molecule is COc1ccncc1-c1cc(C(=O)Nc2nc3ccc(N4CCN(CCN(C)C)CC4)cc3n2CC(C)(C)O)ccn1. The van der Waals surface area contributed by atoms with Gasteiger partial charge in [-0.25, -0.2) is 4.98 Å². The molecule has 0 spiro atoms. The van der Waals surface area contributed by atoms with Gasteiger partial charge in [0.2, 0.25) is 5.95 Å². The molecule has 1 amide bonds. The summed E-state index contributed by atoms with van der Waals surface area (Å²) in [5.41, 5.74) is 3.37. The van der Waals surface area contributed by atoms with Crippen molar-refractivity contribution in [1.29, 1.82) is 0 Å². The number of imidazole rings is 1. The van der Waals surface area contributed by atoms with Crippen molar-refractivity contribution in [3.63, 3.8) is 0 Å². The van der Waals surface area contributed by atoms with Crippen LogP contribution in [0.15, 0.2) is 55.0 Å². The zero-order valence-corrected chi connectivity index (χ0v) is 25.0. The summed E-state index contributed by atoms with van der Waals surface area (Å²) in [5.74, 6) is 0.663. The lowest BCUT2D eigenvalue weighted by Crippen LogP contribution is -2.48. The number of amides is 1. The second-order valence-corrected chi connectivity index (χ2v) is 11.6. The van der Waals surface area contributed by atoms with Crippen LogP contribution in [0.4, 0.5) is 11.6 Å². The van der Waals surface area contributed by atoms with E-state index in [-0.39, 0.29) is 12.5 Å². The lowest BCUT2D eigenvalue weighted by Gasteiger charge is -2.36. The average molecular weight is 573 g/mol. The summed E-state index contributed by atoms with van der Waals surface area (Å²) in [6, 6.07) is 11.3. The van der Waals surface area contributed by atoms with Gasteiger partial charge in [-0.1, -0.05) is 0 Å². The van der Waals surface area contributed by atoms with Gasteiger partial charge in [0.15, 0.2) is 0 Å². The number of hydrogen-bond acceptors (Lipinski definition) is 9. The first-order valence-corrected chi connectivity index (χ1v) is 14.2. The van der Waals surface area contributed by atoms with Crippen molar-refractivity contribution in [3.05, 3.63) is 60.6 Å². The summed E-state index contributed by atoms with van der Waals surface area (Å²) >= 11 is 0. The molecule has 222 valence electrons. The van der Waals surface area contributed by atoms with E-state index in [0.29, 0.717) is 28.5 Å². The molecular formula is C31H40N8O3. The molecule has 4 aromatic rings. The standard InChI is InChI=1S/C31H40N8O3/c1-31(2,41)21-39-27-19-23(38-16-14-37(15-17-38)13-12-36(3)4)6-7-25(27)34-30(39)35-29(40)22-8-11-33-26(18-22)24-20-32-10-9-28(24)42-5/h6-11,18-20,41H,12-17,21H2,1-5H3,(H,34,35,40). The monoisotopic (exact) mass is 572 g/mol. The van der Waals surface area contributed by atoms with Crippen LogP contribution in [0.2, 0.25) is 0 Å². The Kier molecular flexibility index (Phi) is 8.72. The van der Waals surface area contributed by atoms with E-state index >= 15 is 0 Å². The largest absolute Gasteiger partial charge is 0.496 e.